The summed E-state index contributed by atoms with van der Waals surface area (Å²) in [5, 5.41) is 15.1. The van der Waals surface area contributed by atoms with E-state index in [0.29, 0.717) is 19.1 Å². The summed E-state index contributed by atoms with van der Waals surface area (Å²) in [5.74, 6) is 3.31. The molecule has 0 amide bonds. The van der Waals surface area contributed by atoms with Gasteiger partial charge in [0.15, 0.2) is 11.8 Å². The Bertz CT molecular complexity index is 574. The van der Waals surface area contributed by atoms with Crippen molar-refractivity contribution in [1.29, 1.82) is 0 Å². The number of halogens is 1. The average molecular weight is 475 g/mol. The van der Waals surface area contributed by atoms with Crippen LogP contribution in [-0.4, -0.2) is 57.8 Å². The number of nitrogens with zero attached hydrogens (tertiary/aromatic N) is 5. The maximum atomic E-state index is 4.68. The molecule has 0 aromatic carbocycles. The zero-order valence-corrected chi connectivity index (χ0v) is 18.9. The quantitative estimate of drug-likeness (QED) is 0.274. The van der Waals surface area contributed by atoms with E-state index in [0.717, 1.165) is 49.5 Å². The Morgan fingerprint density at radius 1 is 1.35 bits per heavy atom. The van der Waals surface area contributed by atoms with Crippen LogP contribution in [0.25, 0.3) is 0 Å². The molecule has 0 unspecified atom stereocenters. The molecule has 0 bridgehead atoms. The lowest BCUT2D eigenvalue weighted by molar-refractivity contribution is 0.187. The second kappa shape index (κ2) is 11.5. The Morgan fingerprint density at radius 3 is 2.58 bits per heavy atom. The normalized spacial score (nSPS) is 16.4. The Labute approximate surface area is 174 Å². The van der Waals surface area contributed by atoms with Crippen LogP contribution < -0.4 is 10.6 Å². The fourth-order valence-electron chi connectivity index (χ4n) is 3.03. The number of aryl methyl sites for hydroxylation is 1. The van der Waals surface area contributed by atoms with E-state index >= 15 is 0 Å². The second-order valence-electron chi connectivity index (χ2n) is 7.17. The van der Waals surface area contributed by atoms with Crippen molar-refractivity contribution in [3.8, 4) is 0 Å². The van der Waals surface area contributed by atoms with E-state index in [9.17, 15) is 0 Å². The average Bonchev–Trinajstić information content (AvgIpc) is 2.90. The van der Waals surface area contributed by atoms with Crippen LogP contribution in [0.15, 0.2) is 17.6 Å². The maximum Gasteiger partial charge on any atom is 0.192 e. The summed E-state index contributed by atoms with van der Waals surface area (Å²) in [6.45, 7) is 15.0. The molecule has 148 valence electrons. The van der Waals surface area contributed by atoms with Gasteiger partial charge < -0.3 is 20.1 Å². The monoisotopic (exact) mass is 475 g/mol. The fraction of sp³-hybridized carbons (Fsp3) is 0.722. The van der Waals surface area contributed by atoms with Crippen molar-refractivity contribution in [3.05, 3.63) is 24.3 Å². The van der Waals surface area contributed by atoms with Gasteiger partial charge in [0.2, 0.25) is 0 Å². The van der Waals surface area contributed by atoms with Crippen LogP contribution in [-0.2, 0) is 13.6 Å². The molecule has 1 aromatic rings. The fourth-order valence-corrected chi connectivity index (χ4v) is 3.03. The van der Waals surface area contributed by atoms with Gasteiger partial charge in [-0.15, -0.1) is 40.8 Å². The summed E-state index contributed by atoms with van der Waals surface area (Å²) in [6.07, 6.45) is 4.13. The molecule has 0 saturated carbocycles. The van der Waals surface area contributed by atoms with Gasteiger partial charge in [0.1, 0.15) is 12.4 Å². The molecule has 1 fully saturated rings. The van der Waals surface area contributed by atoms with E-state index in [1.165, 1.54) is 6.54 Å². The summed E-state index contributed by atoms with van der Waals surface area (Å²) < 4.78 is 1.97. The van der Waals surface area contributed by atoms with Crippen molar-refractivity contribution in [3.63, 3.8) is 0 Å². The minimum atomic E-state index is 0. The van der Waals surface area contributed by atoms with Gasteiger partial charge in [0, 0.05) is 39.3 Å². The molecule has 1 saturated heterocycles. The molecule has 1 aliphatic rings. The number of piperidine rings is 1. The Balaban J connectivity index is 0.00000338. The third kappa shape index (κ3) is 7.22. The number of hydrogen-bond acceptors (Lipinski definition) is 4. The predicted octanol–water partition coefficient (Wildman–Crippen LogP) is 2.08. The highest BCUT2D eigenvalue weighted by molar-refractivity contribution is 14.0. The van der Waals surface area contributed by atoms with Crippen molar-refractivity contribution < 1.29 is 0 Å². The second-order valence-corrected chi connectivity index (χ2v) is 7.17. The third-order valence-corrected chi connectivity index (χ3v) is 4.53. The van der Waals surface area contributed by atoms with E-state index in [4.69, 9.17) is 0 Å². The van der Waals surface area contributed by atoms with Crippen LogP contribution in [0.3, 0.4) is 0 Å². The van der Waals surface area contributed by atoms with Crippen LogP contribution in [0.5, 0.6) is 0 Å². The van der Waals surface area contributed by atoms with Crippen LogP contribution in [0.4, 0.5) is 0 Å². The van der Waals surface area contributed by atoms with Crippen LogP contribution in [0.2, 0.25) is 0 Å². The van der Waals surface area contributed by atoms with Gasteiger partial charge in [-0.2, -0.15) is 0 Å². The lowest BCUT2D eigenvalue weighted by atomic mass is 10.0. The summed E-state index contributed by atoms with van der Waals surface area (Å²) in [5.41, 5.74) is 0. The molecule has 2 heterocycles. The Kier molecular flexibility index (Phi) is 10.1. The van der Waals surface area contributed by atoms with E-state index in [-0.39, 0.29) is 24.0 Å². The molecule has 2 rings (SSSR count). The smallest absolute Gasteiger partial charge is 0.192 e. The van der Waals surface area contributed by atoms with Crippen LogP contribution >= 0.6 is 24.0 Å². The van der Waals surface area contributed by atoms with Gasteiger partial charge in [-0.05, 0) is 25.7 Å². The number of aromatic nitrogens is 3. The highest BCUT2D eigenvalue weighted by Gasteiger charge is 2.20. The zero-order chi connectivity index (χ0) is 18.2. The number of nitrogens with one attached hydrogen (secondary N) is 2. The molecule has 26 heavy (non-hydrogen) atoms. The summed E-state index contributed by atoms with van der Waals surface area (Å²) >= 11 is 0. The molecule has 2 N–H and O–H groups in total. The van der Waals surface area contributed by atoms with E-state index in [1.807, 2.05) is 24.6 Å². The first kappa shape index (κ1) is 22.9. The number of guanidine groups is 1. The van der Waals surface area contributed by atoms with E-state index in [1.54, 1.807) is 0 Å². The largest absolute Gasteiger partial charge is 0.354 e. The summed E-state index contributed by atoms with van der Waals surface area (Å²) in [6, 6.07) is 0.459. The number of rotatable bonds is 7. The molecule has 1 aliphatic heterocycles. The molecular weight excluding hydrogens is 441 g/mol. The van der Waals surface area contributed by atoms with Crippen LogP contribution in [0, 0.1) is 12.8 Å². The molecule has 0 radical (unpaired) electrons. The summed E-state index contributed by atoms with van der Waals surface area (Å²) in [4.78, 5) is 7.23. The predicted molar refractivity (Wildman–Crippen MR) is 118 cm³/mol. The topological polar surface area (TPSA) is 70.4 Å². The Hall–Kier alpha value is -1.16. The number of likely N-dealkylation sites (tertiary alicyclic amines) is 1. The van der Waals surface area contributed by atoms with Gasteiger partial charge in [-0.1, -0.05) is 19.9 Å². The standard InChI is InChI=1S/C18H33N7.HI/c1-6-9-19-18(20-12-17-23-22-15(4)24(17)5)21-16-7-10-25(11-8-16)13-14(2)3;/h6,14,16H,1,7-13H2,2-5H3,(H2,19,20,21);1H. The minimum Gasteiger partial charge on any atom is -0.354 e. The molecule has 0 aliphatic carbocycles. The lowest BCUT2D eigenvalue weighted by Crippen LogP contribution is -2.49. The molecule has 8 heteroatoms. The SMILES string of the molecule is C=CCNC(=NCc1nnc(C)n1C)NC1CCN(CC(C)C)CC1.I. The first-order valence-electron chi connectivity index (χ1n) is 9.22. The van der Waals surface area contributed by atoms with Gasteiger partial charge in [-0.3, -0.25) is 0 Å². The molecular formula is C18H34IN7. The Morgan fingerprint density at radius 2 is 2.04 bits per heavy atom. The lowest BCUT2D eigenvalue weighted by Gasteiger charge is -2.34. The molecule has 0 atom stereocenters. The van der Waals surface area contributed by atoms with E-state index < -0.39 is 0 Å². The zero-order valence-electron chi connectivity index (χ0n) is 16.5. The summed E-state index contributed by atoms with van der Waals surface area (Å²) in [7, 11) is 1.97. The van der Waals surface area contributed by atoms with Crippen molar-refractivity contribution in [1.82, 2.24) is 30.3 Å². The number of hydrogen-bond donors (Lipinski definition) is 2. The van der Waals surface area contributed by atoms with Gasteiger partial charge in [-0.25, -0.2) is 4.99 Å². The van der Waals surface area contributed by atoms with Crippen molar-refractivity contribution in [2.24, 2.45) is 18.0 Å². The highest BCUT2D eigenvalue weighted by Crippen LogP contribution is 2.12. The van der Waals surface area contributed by atoms with Gasteiger partial charge in [0.25, 0.3) is 0 Å². The van der Waals surface area contributed by atoms with Crippen molar-refractivity contribution in [2.75, 3.05) is 26.2 Å². The number of aliphatic imine (C=N–C) groups is 1. The maximum absolute atomic E-state index is 4.68. The molecule has 0 spiro atoms. The first-order valence-corrected chi connectivity index (χ1v) is 9.22. The van der Waals surface area contributed by atoms with Gasteiger partial charge in [0.05, 0.1) is 0 Å². The van der Waals surface area contributed by atoms with Crippen molar-refractivity contribution in [2.45, 2.75) is 46.2 Å². The molecule has 7 nitrogen and oxygen atoms in total. The van der Waals surface area contributed by atoms with Crippen LogP contribution in [0.1, 0.15) is 38.3 Å². The highest BCUT2D eigenvalue weighted by atomic mass is 127. The molecule has 1 aromatic heterocycles. The van der Waals surface area contributed by atoms with E-state index in [2.05, 4.69) is 51.1 Å². The van der Waals surface area contributed by atoms with Gasteiger partial charge >= 0.3 is 0 Å². The third-order valence-electron chi connectivity index (χ3n) is 4.53. The minimum absolute atomic E-state index is 0. The van der Waals surface area contributed by atoms with Crippen molar-refractivity contribution >= 4 is 29.9 Å². The first-order chi connectivity index (χ1) is 12.0.